The second kappa shape index (κ2) is 6.98. The standard InChI is InChI=1S/C16H16FNO5S/c1-11(19)10-18(12-5-3-2-4-6-12)24(22,23)13-7-8-15(17)14(9-13)16(20)21/h2-9,11,19H,10H2,1H3,(H,20,21). The van der Waals surface area contributed by atoms with Crippen molar-refractivity contribution in [1.29, 1.82) is 0 Å². The average molecular weight is 353 g/mol. The molecule has 0 fully saturated rings. The lowest BCUT2D eigenvalue weighted by Crippen LogP contribution is -2.36. The third kappa shape index (κ3) is 3.72. The maximum Gasteiger partial charge on any atom is 0.338 e. The minimum Gasteiger partial charge on any atom is -0.478 e. The van der Waals surface area contributed by atoms with Crippen LogP contribution in [0.2, 0.25) is 0 Å². The molecule has 0 amide bonds. The highest BCUT2D eigenvalue weighted by Crippen LogP contribution is 2.25. The molecule has 2 rings (SSSR count). The van der Waals surface area contributed by atoms with Crippen molar-refractivity contribution in [1.82, 2.24) is 0 Å². The summed E-state index contributed by atoms with van der Waals surface area (Å²) in [7, 11) is -4.18. The number of aliphatic hydroxyl groups is 1. The minimum absolute atomic E-state index is 0.230. The van der Waals surface area contributed by atoms with Crippen LogP contribution >= 0.6 is 0 Å². The van der Waals surface area contributed by atoms with Crippen LogP contribution in [0.25, 0.3) is 0 Å². The number of nitrogens with zero attached hydrogens (tertiary/aromatic N) is 1. The van der Waals surface area contributed by atoms with E-state index < -0.39 is 33.5 Å². The Morgan fingerprint density at radius 1 is 1.21 bits per heavy atom. The van der Waals surface area contributed by atoms with E-state index in [1.54, 1.807) is 30.3 Å². The van der Waals surface area contributed by atoms with Gasteiger partial charge in [-0.3, -0.25) is 4.31 Å². The van der Waals surface area contributed by atoms with Crippen LogP contribution in [0.3, 0.4) is 0 Å². The smallest absolute Gasteiger partial charge is 0.338 e. The monoisotopic (exact) mass is 353 g/mol. The summed E-state index contributed by atoms with van der Waals surface area (Å²) in [5, 5.41) is 18.6. The molecule has 0 aliphatic rings. The molecule has 1 unspecified atom stereocenters. The maximum atomic E-state index is 13.5. The Bertz CT molecular complexity index is 837. The number of anilines is 1. The Labute approximate surface area is 138 Å². The largest absolute Gasteiger partial charge is 0.478 e. The molecule has 0 saturated heterocycles. The second-order valence-electron chi connectivity index (χ2n) is 5.17. The normalized spacial score (nSPS) is 12.6. The fraction of sp³-hybridized carbons (Fsp3) is 0.188. The lowest BCUT2D eigenvalue weighted by molar-refractivity contribution is 0.0691. The van der Waals surface area contributed by atoms with Gasteiger partial charge in [0.15, 0.2) is 0 Å². The highest BCUT2D eigenvalue weighted by atomic mass is 32.2. The predicted octanol–water partition coefficient (Wildman–Crippen LogP) is 2.10. The predicted molar refractivity (Wildman–Crippen MR) is 86.0 cm³/mol. The SMILES string of the molecule is CC(O)CN(c1ccccc1)S(=O)(=O)c1ccc(F)c(C(=O)O)c1. The van der Waals surface area contributed by atoms with E-state index in [-0.39, 0.29) is 11.4 Å². The molecular weight excluding hydrogens is 337 g/mol. The molecule has 0 heterocycles. The third-order valence-electron chi connectivity index (χ3n) is 3.23. The zero-order chi connectivity index (χ0) is 17.9. The van der Waals surface area contributed by atoms with Crippen molar-refractivity contribution in [2.75, 3.05) is 10.8 Å². The van der Waals surface area contributed by atoms with Crippen LogP contribution in [0.1, 0.15) is 17.3 Å². The second-order valence-corrected chi connectivity index (χ2v) is 7.03. The first-order valence-corrected chi connectivity index (χ1v) is 8.46. The number of carbonyl (C=O) groups is 1. The summed E-state index contributed by atoms with van der Waals surface area (Å²) in [6.45, 7) is 1.20. The molecule has 128 valence electrons. The van der Waals surface area contributed by atoms with Gasteiger partial charge in [-0.1, -0.05) is 18.2 Å². The topological polar surface area (TPSA) is 94.9 Å². The maximum absolute atomic E-state index is 13.5. The fourth-order valence-electron chi connectivity index (χ4n) is 2.13. The van der Waals surface area contributed by atoms with E-state index in [2.05, 4.69) is 0 Å². The van der Waals surface area contributed by atoms with Crippen molar-refractivity contribution in [3.63, 3.8) is 0 Å². The average Bonchev–Trinajstić information content (AvgIpc) is 2.53. The lowest BCUT2D eigenvalue weighted by Gasteiger charge is -2.25. The van der Waals surface area contributed by atoms with Gasteiger partial charge in [-0.15, -0.1) is 0 Å². The number of carboxylic acid groups (broad SMARTS) is 1. The van der Waals surface area contributed by atoms with Gasteiger partial charge in [-0.05, 0) is 37.3 Å². The number of para-hydroxylation sites is 1. The summed E-state index contributed by atoms with van der Waals surface area (Å²) in [6, 6.07) is 10.6. The van der Waals surface area contributed by atoms with E-state index in [1.165, 1.54) is 6.92 Å². The summed E-state index contributed by atoms with van der Waals surface area (Å²) < 4.78 is 40.2. The van der Waals surface area contributed by atoms with Gasteiger partial charge in [0.05, 0.1) is 28.8 Å². The molecule has 2 aromatic carbocycles. The molecule has 0 aromatic heterocycles. The minimum atomic E-state index is -4.18. The number of halogens is 1. The molecule has 6 nitrogen and oxygen atoms in total. The summed E-state index contributed by atoms with van der Waals surface area (Å²) in [6.07, 6.45) is -0.959. The van der Waals surface area contributed by atoms with Crippen molar-refractivity contribution < 1.29 is 27.8 Å². The zero-order valence-corrected chi connectivity index (χ0v) is 13.6. The summed E-state index contributed by atoms with van der Waals surface area (Å²) in [5.41, 5.74) is -0.430. The number of benzene rings is 2. The molecule has 0 saturated carbocycles. The molecule has 2 aromatic rings. The molecule has 8 heteroatoms. The summed E-state index contributed by atoms with van der Waals surface area (Å²) in [5.74, 6) is -2.59. The number of aromatic carboxylic acids is 1. The van der Waals surface area contributed by atoms with Crippen LogP contribution in [-0.4, -0.2) is 37.2 Å². The number of carboxylic acids is 1. The molecular formula is C16H16FNO5S. The highest BCUT2D eigenvalue weighted by Gasteiger charge is 2.27. The lowest BCUT2D eigenvalue weighted by atomic mass is 10.2. The van der Waals surface area contributed by atoms with Gasteiger partial charge in [0.1, 0.15) is 5.82 Å². The van der Waals surface area contributed by atoms with E-state index in [9.17, 15) is 22.7 Å². The first kappa shape index (κ1) is 17.9. The van der Waals surface area contributed by atoms with E-state index in [4.69, 9.17) is 5.11 Å². The van der Waals surface area contributed by atoms with Crippen molar-refractivity contribution in [3.8, 4) is 0 Å². The van der Waals surface area contributed by atoms with Crippen molar-refractivity contribution in [3.05, 3.63) is 59.9 Å². The molecule has 0 aliphatic carbocycles. The van der Waals surface area contributed by atoms with Crippen LogP contribution in [0.15, 0.2) is 53.4 Å². The molecule has 0 radical (unpaired) electrons. The fourth-order valence-corrected chi connectivity index (χ4v) is 3.71. The van der Waals surface area contributed by atoms with Gasteiger partial charge in [-0.2, -0.15) is 0 Å². The number of rotatable bonds is 6. The van der Waals surface area contributed by atoms with Crippen molar-refractivity contribution in [2.45, 2.75) is 17.9 Å². The van der Waals surface area contributed by atoms with Crippen LogP contribution < -0.4 is 4.31 Å². The van der Waals surface area contributed by atoms with Gasteiger partial charge in [0, 0.05) is 0 Å². The Morgan fingerprint density at radius 3 is 2.38 bits per heavy atom. The number of hydrogen-bond donors (Lipinski definition) is 2. The molecule has 2 N–H and O–H groups in total. The summed E-state index contributed by atoms with van der Waals surface area (Å²) in [4.78, 5) is 10.7. The quantitative estimate of drug-likeness (QED) is 0.829. The third-order valence-corrected chi connectivity index (χ3v) is 5.02. The van der Waals surface area contributed by atoms with Crippen molar-refractivity contribution in [2.24, 2.45) is 0 Å². The van der Waals surface area contributed by atoms with Crippen LogP contribution in [-0.2, 0) is 10.0 Å². The van der Waals surface area contributed by atoms with Gasteiger partial charge >= 0.3 is 5.97 Å². The highest BCUT2D eigenvalue weighted by molar-refractivity contribution is 7.92. The Kier molecular flexibility index (Phi) is 5.20. The van der Waals surface area contributed by atoms with E-state index >= 15 is 0 Å². The van der Waals surface area contributed by atoms with Gasteiger partial charge in [-0.25, -0.2) is 17.6 Å². The molecule has 0 bridgehead atoms. The molecule has 24 heavy (non-hydrogen) atoms. The molecule has 1 atom stereocenters. The van der Waals surface area contributed by atoms with Gasteiger partial charge in [0.2, 0.25) is 0 Å². The first-order chi connectivity index (χ1) is 11.2. The molecule has 0 aliphatic heterocycles. The Hall–Kier alpha value is -2.45. The van der Waals surface area contributed by atoms with Crippen LogP contribution in [0.4, 0.5) is 10.1 Å². The van der Waals surface area contributed by atoms with Crippen LogP contribution in [0, 0.1) is 5.82 Å². The zero-order valence-electron chi connectivity index (χ0n) is 12.8. The number of sulfonamides is 1. The summed E-state index contributed by atoms with van der Waals surface area (Å²) >= 11 is 0. The van der Waals surface area contributed by atoms with Crippen molar-refractivity contribution >= 4 is 21.7 Å². The van der Waals surface area contributed by atoms with E-state index in [1.807, 2.05) is 0 Å². The van der Waals surface area contributed by atoms with E-state index in [0.717, 1.165) is 22.5 Å². The van der Waals surface area contributed by atoms with Crippen LogP contribution in [0.5, 0.6) is 0 Å². The molecule has 0 spiro atoms. The van der Waals surface area contributed by atoms with Gasteiger partial charge in [0.25, 0.3) is 10.0 Å². The van der Waals surface area contributed by atoms with Gasteiger partial charge < -0.3 is 10.2 Å². The Morgan fingerprint density at radius 2 is 1.83 bits per heavy atom. The Balaban J connectivity index is 2.56. The number of aliphatic hydroxyl groups excluding tert-OH is 1. The van der Waals surface area contributed by atoms with E-state index in [0.29, 0.717) is 5.69 Å². The first-order valence-electron chi connectivity index (χ1n) is 7.02. The number of hydrogen-bond acceptors (Lipinski definition) is 4.